The van der Waals surface area contributed by atoms with Crippen molar-refractivity contribution in [3.8, 4) is 5.75 Å². The molecule has 1 aromatic carbocycles. The third kappa shape index (κ3) is 2.62. The van der Waals surface area contributed by atoms with Gasteiger partial charge in [0, 0.05) is 18.0 Å². The maximum Gasteiger partial charge on any atom is 0.124 e. The van der Waals surface area contributed by atoms with E-state index < -0.39 is 0 Å². The summed E-state index contributed by atoms with van der Waals surface area (Å²) in [6.45, 7) is 2.32. The number of ether oxygens (including phenoxy) is 1. The number of nitrogens with two attached hydrogens (primary N) is 1. The van der Waals surface area contributed by atoms with Crippen LogP contribution in [0.1, 0.15) is 50.6 Å². The first-order valence-electron chi connectivity index (χ1n) is 7.35. The van der Waals surface area contributed by atoms with Crippen LogP contribution in [0.25, 0.3) is 0 Å². The van der Waals surface area contributed by atoms with Gasteiger partial charge >= 0.3 is 0 Å². The zero-order chi connectivity index (χ0) is 13.4. The Labute approximate surface area is 114 Å². The van der Waals surface area contributed by atoms with E-state index in [2.05, 4.69) is 6.92 Å². The molecule has 0 spiro atoms. The molecule has 1 aromatic rings. The van der Waals surface area contributed by atoms with E-state index in [1.807, 2.05) is 0 Å². The summed E-state index contributed by atoms with van der Waals surface area (Å²) in [4.78, 5) is 0. The summed E-state index contributed by atoms with van der Waals surface area (Å²) in [5.41, 5.74) is 7.01. The predicted molar refractivity (Wildman–Crippen MR) is 73.5 cm³/mol. The minimum atomic E-state index is -0.234. The van der Waals surface area contributed by atoms with E-state index in [-0.39, 0.29) is 18.0 Å². The Hall–Kier alpha value is -1.09. The molecular formula is C16H22FNO. The lowest BCUT2D eigenvalue weighted by Crippen LogP contribution is -2.37. The van der Waals surface area contributed by atoms with Gasteiger partial charge < -0.3 is 10.5 Å². The summed E-state index contributed by atoms with van der Waals surface area (Å²) in [6, 6.07) is 4.60. The second-order valence-corrected chi connectivity index (χ2v) is 6.20. The largest absolute Gasteiger partial charge is 0.490 e. The van der Waals surface area contributed by atoms with Gasteiger partial charge in [0.25, 0.3) is 0 Å². The molecule has 2 N–H and O–H groups in total. The Morgan fingerprint density at radius 1 is 1.21 bits per heavy atom. The molecule has 0 radical (unpaired) electrons. The summed E-state index contributed by atoms with van der Waals surface area (Å²) in [5, 5.41) is 0. The molecule has 0 bridgehead atoms. The third-order valence-corrected chi connectivity index (χ3v) is 4.72. The lowest BCUT2D eigenvalue weighted by Gasteiger charge is -2.38. The first kappa shape index (κ1) is 12.9. The Balaban J connectivity index is 1.75. The van der Waals surface area contributed by atoms with Crippen LogP contribution in [0.3, 0.4) is 0 Å². The highest BCUT2D eigenvalue weighted by Crippen LogP contribution is 2.40. The first-order valence-corrected chi connectivity index (χ1v) is 7.35. The number of benzene rings is 1. The number of rotatable bonds is 1. The molecule has 3 rings (SSSR count). The van der Waals surface area contributed by atoms with E-state index >= 15 is 0 Å². The van der Waals surface area contributed by atoms with Gasteiger partial charge in [0.15, 0.2) is 0 Å². The predicted octanol–water partition coefficient (Wildman–Crippen LogP) is 3.80. The van der Waals surface area contributed by atoms with E-state index in [9.17, 15) is 4.39 Å². The van der Waals surface area contributed by atoms with Crippen LogP contribution < -0.4 is 10.5 Å². The van der Waals surface area contributed by atoms with Gasteiger partial charge in [0.1, 0.15) is 17.7 Å². The van der Waals surface area contributed by atoms with Crippen LogP contribution in [0, 0.1) is 17.7 Å². The maximum absolute atomic E-state index is 13.3. The van der Waals surface area contributed by atoms with Crippen molar-refractivity contribution in [3.05, 3.63) is 29.6 Å². The fourth-order valence-electron chi connectivity index (χ4n) is 3.45. The van der Waals surface area contributed by atoms with Gasteiger partial charge in [-0.25, -0.2) is 4.39 Å². The van der Waals surface area contributed by atoms with Crippen molar-refractivity contribution in [2.24, 2.45) is 17.6 Å². The summed E-state index contributed by atoms with van der Waals surface area (Å²) in [5.74, 6) is 2.00. The second-order valence-electron chi connectivity index (χ2n) is 6.20. The van der Waals surface area contributed by atoms with Crippen LogP contribution in [0.4, 0.5) is 4.39 Å². The lowest BCUT2D eigenvalue weighted by atomic mass is 9.77. The van der Waals surface area contributed by atoms with Crippen molar-refractivity contribution < 1.29 is 9.13 Å². The van der Waals surface area contributed by atoms with Gasteiger partial charge in [0.2, 0.25) is 0 Å². The number of fused-ring (bicyclic) bond motifs is 1. The monoisotopic (exact) mass is 263 g/mol. The molecule has 2 aliphatic rings. The van der Waals surface area contributed by atoms with Crippen LogP contribution >= 0.6 is 0 Å². The van der Waals surface area contributed by atoms with Crippen LogP contribution in [0.15, 0.2) is 18.2 Å². The highest BCUT2D eigenvalue weighted by Gasteiger charge is 2.33. The molecule has 2 atom stereocenters. The first-order chi connectivity index (χ1) is 9.13. The normalized spacial score (nSPS) is 34.5. The van der Waals surface area contributed by atoms with Crippen molar-refractivity contribution in [2.45, 2.75) is 51.2 Å². The Morgan fingerprint density at radius 2 is 1.95 bits per heavy atom. The minimum Gasteiger partial charge on any atom is -0.490 e. The smallest absolute Gasteiger partial charge is 0.124 e. The maximum atomic E-state index is 13.3. The minimum absolute atomic E-state index is 0.0937. The molecule has 1 aliphatic carbocycles. The zero-order valence-corrected chi connectivity index (χ0v) is 11.4. The van der Waals surface area contributed by atoms with Gasteiger partial charge in [-0.2, -0.15) is 0 Å². The molecule has 1 unspecified atom stereocenters. The zero-order valence-electron chi connectivity index (χ0n) is 11.4. The van der Waals surface area contributed by atoms with E-state index in [0.717, 1.165) is 23.7 Å². The molecule has 19 heavy (non-hydrogen) atoms. The summed E-state index contributed by atoms with van der Waals surface area (Å²) in [7, 11) is 0. The average Bonchev–Trinajstić information content (AvgIpc) is 2.40. The van der Waals surface area contributed by atoms with Gasteiger partial charge in [-0.05, 0) is 42.9 Å². The van der Waals surface area contributed by atoms with Crippen molar-refractivity contribution in [1.82, 2.24) is 0 Å². The summed E-state index contributed by atoms with van der Waals surface area (Å²) in [6.07, 6.45) is 6.06. The van der Waals surface area contributed by atoms with Crippen LogP contribution in [0.2, 0.25) is 0 Å². The molecule has 1 aliphatic heterocycles. The number of hydrogen-bond acceptors (Lipinski definition) is 2. The quantitative estimate of drug-likeness (QED) is 0.836. The Morgan fingerprint density at radius 3 is 2.68 bits per heavy atom. The SMILES string of the molecule is CC1CCC(C2C[C@@H](N)c3cc(F)ccc3O2)CC1. The Bertz CT molecular complexity index is 454. The number of hydrogen-bond donors (Lipinski definition) is 1. The van der Waals surface area contributed by atoms with Crippen molar-refractivity contribution in [3.63, 3.8) is 0 Å². The highest BCUT2D eigenvalue weighted by molar-refractivity contribution is 5.38. The van der Waals surface area contributed by atoms with Gasteiger partial charge in [0.05, 0.1) is 0 Å². The van der Waals surface area contributed by atoms with Crippen molar-refractivity contribution >= 4 is 0 Å². The van der Waals surface area contributed by atoms with Gasteiger partial charge in [-0.15, -0.1) is 0 Å². The van der Waals surface area contributed by atoms with Crippen molar-refractivity contribution in [1.29, 1.82) is 0 Å². The molecule has 1 saturated carbocycles. The van der Waals surface area contributed by atoms with Crippen LogP contribution in [0.5, 0.6) is 5.75 Å². The Kier molecular flexibility index (Phi) is 3.48. The topological polar surface area (TPSA) is 35.2 Å². The van der Waals surface area contributed by atoms with Crippen LogP contribution in [-0.4, -0.2) is 6.10 Å². The molecular weight excluding hydrogens is 241 g/mol. The van der Waals surface area contributed by atoms with E-state index in [1.165, 1.54) is 37.8 Å². The molecule has 0 aromatic heterocycles. The second kappa shape index (κ2) is 5.12. The van der Waals surface area contributed by atoms with E-state index in [1.54, 1.807) is 6.07 Å². The average molecular weight is 263 g/mol. The highest BCUT2D eigenvalue weighted by atomic mass is 19.1. The molecule has 104 valence electrons. The standard InChI is InChI=1S/C16H22FNO/c1-10-2-4-11(5-3-10)16-9-14(18)13-8-12(17)6-7-15(13)19-16/h6-8,10-11,14,16H,2-5,9,18H2,1H3/t10?,11?,14-,16?/m1/s1. The van der Waals surface area contributed by atoms with Crippen LogP contribution in [-0.2, 0) is 0 Å². The molecule has 0 saturated heterocycles. The summed E-state index contributed by atoms with van der Waals surface area (Å²) >= 11 is 0. The molecule has 2 nitrogen and oxygen atoms in total. The summed E-state index contributed by atoms with van der Waals surface area (Å²) < 4.78 is 19.3. The molecule has 1 heterocycles. The number of halogens is 1. The molecule has 0 amide bonds. The van der Waals surface area contributed by atoms with Crippen molar-refractivity contribution in [2.75, 3.05) is 0 Å². The lowest BCUT2D eigenvalue weighted by molar-refractivity contribution is 0.0701. The molecule has 3 heteroatoms. The fraction of sp³-hybridized carbons (Fsp3) is 0.625. The third-order valence-electron chi connectivity index (χ3n) is 4.72. The van der Waals surface area contributed by atoms with E-state index in [0.29, 0.717) is 5.92 Å². The van der Waals surface area contributed by atoms with Gasteiger partial charge in [-0.1, -0.05) is 19.8 Å². The van der Waals surface area contributed by atoms with E-state index in [4.69, 9.17) is 10.5 Å². The fourth-order valence-corrected chi connectivity index (χ4v) is 3.45. The van der Waals surface area contributed by atoms with Gasteiger partial charge in [-0.3, -0.25) is 0 Å². The molecule has 1 fully saturated rings.